The topological polar surface area (TPSA) is 127 Å². The third-order valence-corrected chi connectivity index (χ3v) is 4.60. The molecule has 0 spiro atoms. The zero-order valence-corrected chi connectivity index (χ0v) is 12.9. The van der Waals surface area contributed by atoms with E-state index in [1.54, 1.807) is 6.92 Å². The number of rotatable bonds is 3. The highest BCUT2D eigenvalue weighted by molar-refractivity contribution is 7.00. The Hall–Kier alpha value is -2.62. The van der Waals surface area contributed by atoms with Crippen molar-refractivity contribution in [1.29, 1.82) is 0 Å². The van der Waals surface area contributed by atoms with Gasteiger partial charge in [0.25, 0.3) is 11.6 Å². The van der Waals surface area contributed by atoms with E-state index >= 15 is 0 Å². The Morgan fingerprint density at radius 3 is 2.78 bits per heavy atom. The van der Waals surface area contributed by atoms with Crippen LogP contribution in [0, 0.1) is 15.5 Å². The van der Waals surface area contributed by atoms with E-state index in [-0.39, 0.29) is 28.8 Å². The number of nitro benzene ring substituents is 1. The second-order valence-electron chi connectivity index (χ2n) is 5.73. The van der Waals surface area contributed by atoms with Crippen LogP contribution in [0.5, 0.6) is 0 Å². The predicted molar refractivity (Wildman–Crippen MR) is 80.3 cm³/mol. The van der Waals surface area contributed by atoms with E-state index in [9.17, 15) is 24.8 Å². The summed E-state index contributed by atoms with van der Waals surface area (Å²) < 4.78 is 7.82. The van der Waals surface area contributed by atoms with Gasteiger partial charge in [0.05, 0.1) is 22.1 Å². The maximum atomic E-state index is 12.6. The van der Waals surface area contributed by atoms with E-state index in [0.717, 1.165) is 11.7 Å². The standard InChI is InChI=1S/C13H12N4O5S/c1-13(12(19)20)2-3-16(6-13)11(18)7-4-8-10(15-23-14-8)9(5-7)17(21)22/h4-5H,2-3,6H2,1H3,(H,19,20). The molecule has 1 fully saturated rings. The third kappa shape index (κ3) is 2.50. The number of carbonyl (C=O) groups is 2. The molecule has 1 atom stereocenters. The number of carboxylic acids is 1. The van der Waals surface area contributed by atoms with Gasteiger partial charge in [0.2, 0.25) is 0 Å². The molecule has 3 rings (SSSR count). The molecular weight excluding hydrogens is 324 g/mol. The average Bonchev–Trinajstić information content (AvgIpc) is 3.12. The largest absolute Gasteiger partial charge is 0.481 e. The third-order valence-electron chi connectivity index (χ3n) is 4.06. The molecule has 120 valence electrons. The van der Waals surface area contributed by atoms with Crippen molar-refractivity contribution in [1.82, 2.24) is 13.6 Å². The number of non-ortho nitro benzene ring substituents is 1. The normalized spacial score (nSPS) is 20.8. The number of nitro groups is 1. The second kappa shape index (κ2) is 5.23. The van der Waals surface area contributed by atoms with Gasteiger partial charge in [-0.15, -0.1) is 0 Å². The lowest BCUT2D eigenvalue weighted by atomic mass is 9.90. The minimum Gasteiger partial charge on any atom is -0.481 e. The lowest BCUT2D eigenvalue weighted by Gasteiger charge is -2.20. The molecule has 1 aliphatic rings. The molecule has 0 aliphatic carbocycles. The van der Waals surface area contributed by atoms with E-state index in [2.05, 4.69) is 8.75 Å². The lowest BCUT2D eigenvalue weighted by molar-refractivity contribution is -0.383. The fourth-order valence-electron chi connectivity index (χ4n) is 2.63. The minimum atomic E-state index is -0.992. The summed E-state index contributed by atoms with van der Waals surface area (Å²) >= 11 is 0.834. The minimum absolute atomic E-state index is 0.0717. The van der Waals surface area contributed by atoms with Gasteiger partial charge >= 0.3 is 5.97 Å². The molecular formula is C13H12N4O5S. The molecule has 2 heterocycles. The summed E-state index contributed by atoms with van der Waals surface area (Å²) in [6.07, 6.45) is 0.344. The summed E-state index contributed by atoms with van der Waals surface area (Å²) in [7, 11) is 0. The maximum absolute atomic E-state index is 12.6. The molecule has 1 aromatic carbocycles. The van der Waals surface area contributed by atoms with Gasteiger partial charge in [0.15, 0.2) is 5.52 Å². The highest BCUT2D eigenvalue weighted by Gasteiger charge is 2.42. The van der Waals surface area contributed by atoms with E-state index in [1.807, 2.05) is 0 Å². The van der Waals surface area contributed by atoms with Crippen molar-refractivity contribution >= 4 is 40.3 Å². The molecule has 10 heteroatoms. The number of benzene rings is 1. The van der Waals surface area contributed by atoms with Gasteiger partial charge < -0.3 is 10.0 Å². The molecule has 2 aromatic rings. The number of nitrogens with zero attached hydrogens (tertiary/aromatic N) is 4. The number of carboxylic acid groups (broad SMARTS) is 1. The van der Waals surface area contributed by atoms with Gasteiger partial charge in [-0.1, -0.05) is 0 Å². The first-order valence-electron chi connectivity index (χ1n) is 6.75. The highest BCUT2D eigenvalue weighted by Crippen LogP contribution is 2.32. The molecule has 1 aromatic heterocycles. The van der Waals surface area contributed by atoms with Crippen LogP contribution in [-0.2, 0) is 4.79 Å². The molecule has 1 amide bonds. The Morgan fingerprint density at radius 1 is 1.43 bits per heavy atom. The van der Waals surface area contributed by atoms with Crippen LogP contribution in [0.4, 0.5) is 5.69 Å². The van der Waals surface area contributed by atoms with Crippen molar-refractivity contribution < 1.29 is 19.6 Å². The van der Waals surface area contributed by atoms with Crippen molar-refractivity contribution in [3.8, 4) is 0 Å². The number of carbonyl (C=O) groups excluding carboxylic acids is 1. The summed E-state index contributed by atoms with van der Waals surface area (Å²) in [6.45, 7) is 1.95. The monoisotopic (exact) mass is 336 g/mol. The van der Waals surface area contributed by atoms with Crippen LogP contribution in [0.25, 0.3) is 11.0 Å². The molecule has 1 N–H and O–H groups in total. The quantitative estimate of drug-likeness (QED) is 0.665. The number of aromatic nitrogens is 2. The van der Waals surface area contributed by atoms with Crippen molar-refractivity contribution in [3.05, 3.63) is 27.8 Å². The van der Waals surface area contributed by atoms with Crippen molar-refractivity contribution in [2.75, 3.05) is 13.1 Å². The van der Waals surface area contributed by atoms with Gasteiger partial charge in [-0.05, 0) is 19.4 Å². The van der Waals surface area contributed by atoms with Crippen LogP contribution in [0.2, 0.25) is 0 Å². The van der Waals surface area contributed by atoms with Crippen LogP contribution >= 0.6 is 11.7 Å². The second-order valence-corrected chi connectivity index (χ2v) is 6.26. The first-order valence-corrected chi connectivity index (χ1v) is 7.48. The zero-order valence-electron chi connectivity index (χ0n) is 12.1. The Bertz CT molecular complexity index is 835. The summed E-state index contributed by atoms with van der Waals surface area (Å²) in [6, 6.07) is 2.62. The van der Waals surface area contributed by atoms with Crippen LogP contribution < -0.4 is 0 Å². The molecule has 1 unspecified atom stereocenters. The number of likely N-dealkylation sites (tertiary alicyclic amines) is 1. The fourth-order valence-corrected chi connectivity index (χ4v) is 3.16. The van der Waals surface area contributed by atoms with Gasteiger partial charge in [-0.3, -0.25) is 19.7 Å². The zero-order chi connectivity index (χ0) is 16.8. The number of fused-ring (bicyclic) bond motifs is 1. The SMILES string of the molecule is CC1(C(=O)O)CCN(C(=O)c2cc([N+](=O)[O-])c3nsnc3c2)C1. The first kappa shape index (κ1) is 15.3. The van der Waals surface area contributed by atoms with Gasteiger partial charge in [-0.25, -0.2) is 0 Å². The molecule has 0 radical (unpaired) electrons. The van der Waals surface area contributed by atoms with Crippen LogP contribution in [0.15, 0.2) is 12.1 Å². The summed E-state index contributed by atoms with van der Waals surface area (Å²) in [5, 5.41) is 20.4. The summed E-state index contributed by atoms with van der Waals surface area (Å²) in [5.41, 5.74) is -0.721. The Kier molecular flexibility index (Phi) is 3.48. The molecule has 0 bridgehead atoms. The fraction of sp³-hybridized carbons (Fsp3) is 0.385. The molecule has 9 nitrogen and oxygen atoms in total. The predicted octanol–water partition coefficient (Wildman–Crippen LogP) is 1.54. The van der Waals surface area contributed by atoms with Crippen LogP contribution in [-0.4, -0.2) is 48.6 Å². The molecule has 0 saturated carbocycles. The van der Waals surface area contributed by atoms with E-state index in [1.165, 1.54) is 17.0 Å². The number of hydrogen-bond donors (Lipinski definition) is 1. The number of aliphatic carboxylic acids is 1. The average molecular weight is 336 g/mol. The first-order chi connectivity index (χ1) is 10.8. The molecule has 23 heavy (non-hydrogen) atoms. The van der Waals surface area contributed by atoms with Crippen molar-refractivity contribution in [2.24, 2.45) is 5.41 Å². The Balaban J connectivity index is 1.96. The smallest absolute Gasteiger partial charge is 0.311 e. The Morgan fingerprint density at radius 2 is 2.17 bits per heavy atom. The maximum Gasteiger partial charge on any atom is 0.311 e. The highest BCUT2D eigenvalue weighted by atomic mass is 32.1. The lowest BCUT2D eigenvalue weighted by Crippen LogP contribution is -2.34. The summed E-state index contributed by atoms with van der Waals surface area (Å²) in [4.78, 5) is 35.8. The van der Waals surface area contributed by atoms with Gasteiger partial charge in [0.1, 0.15) is 5.52 Å². The summed E-state index contributed by atoms with van der Waals surface area (Å²) in [5.74, 6) is -1.40. The molecule has 1 aliphatic heterocycles. The van der Waals surface area contributed by atoms with Crippen LogP contribution in [0.3, 0.4) is 0 Å². The number of hydrogen-bond acceptors (Lipinski definition) is 7. The van der Waals surface area contributed by atoms with Crippen molar-refractivity contribution in [2.45, 2.75) is 13.3 Å². The van der Waals surface area contributed by atoms with E-state index < -0.39 is 22.2 Å². The van der Waals surface area contributed by atoms with Gasteiger partial charge in [0, 0.05) is 24.7 Å². The Labute approximate surface area is 134 Å². The van der Waals surface area contributed by atoms with Crippen LogP contribution in [0.1, 0.15) is 23.7 Å². The molecule has 1 saturated heterocycles. The number of amides is 1. The van der Waals surface area contributed by atoms with E-state index in [0.29, 0.717) is 13.0 Å². The van der Waals surface area contributed by atoms with E-state index in [4.69, 9.17) is 0 Å². The van der Waals surface area contributed by atoms with Gasteiger partial charge in [-0.2, -0.15) is 8.75 Å². The van der Waals surface area contributed by atoms with Crippen molar-refractivity contribution in [3.63, 3.8) is 0 Å².